The van der Waals surface area contributed by atoms with Crippen molar-refractivity contribution in [2.45, 2.75) is 0 Å². The molecule has 2 heteroatoms. The van der Waals surface area contributed by atoms with Gasteiger partial charge in [0.05, 0.1) is 11.7 Å². The van der Waals surface area contributed by atoms with E-state index in [1.54, 1.807) is 0 Å². The highest BCUT2D eigenvalue weighted by Crippen LogP contribution is 2.09. The molecule has 2 nitrogen and oxygen atoms in total. The summed E-state index contributed by atoms with van der Waals surface area (Å²) >= 11 is 0. The van der Waals surface area contributed by atoms with Gasteiger partial charge in [0.2, 0.25) is 0 Å². The van der Waals surface area contributed by atoms with Crippen LogP contribution in [0.25, 0.3) is 0 Å². The minimum Gasteiger partial charge on any atom is -0.142 e. The van der Waals surface area contributed by atoms with Crippen molar-refractivity contribution in [2.24, 2.45) is 10.2 Å². The molecule has 0 amide bonds. The van der Waals surface area contributed by atoms with Gasteiger partial charge < -0.3 is 0 Å². The summed E-state index contributed by atoms with van der Waals surface area (Å²) in [5, 5.41) is 7.77. The van der Waals surface area contributed by atoms with E-state index in [1.165, 1.54) is 0 Å². The number of rotatable bonds is 1. The molecule has 0 aliphatic rings. The van der Waals surface area contributed by atoms with Gasteiger partial charge in [0.15, 0.2) is 0 Å². The molecule has 0 aromatic heterocycles. The molecule has 2 aromatic rings. The summed E-state index contributed by atoms with van der Waals surface area (Å²) in [6, 6.07) is 21.9. The highest BCUT2D eigenvalue weighted by atomic mass is 15.1. The summed E-state index contributed by atoms with van der Waals surface area (Å²) in [5.74, 6) is 2.90. The first kappa shape index (κ1) is 10.1. The first-order chi connectivity index (χ1) is 7.95. The van der Waals surface area contributed by atoms with Gasteiger partial charge in [-0.15, -0.1) is 5.11 Å². The summed E-state index contributed by atoms with van der Waals surface area (Å²) in [6.45, 7) is 0. The summed E-state index contributed by atoms with van der Waals surface area (Å²) in [5.41, 5.74) is 1.75. The molecular weight excluding hydrogens is 196 g/mol. The fourth-order valence-corrected chi connectivity index (χ4v) is 1.19. The van der Waals surface area contributed by atoms with E-state index in [9.17, 15) is 0 Å². The smallest absolute Gasteiger partial charge is 0.0864 e. The Morgan fingerprint density at radius 1 is 0.750 bits per heavy atom. The van der Waals surface area contributed by atoms with Crippen LogP contribution in [0.2, 0.25) is 0 Å². The number of nitrogens with zero attached hydrogens (tertiary/aromatic N) is 2. The van der Waals surface area contributed by atoms with Crippen LogP contribution in [-0.2, 0) is 0 Å². The lowest BCUT2D eigenvalue weighted by Gasteiger charge is -1.86. The lowest BCUT2D eigenvalue weighted by molar-refractivity contribution is 1.26. The van der Waals surface area contributed by atoms with Crippen LogP contribution in [-0.4, -0.2) is 0 Å². The Labute approximate surface area is 94.7 Å². The lowest BCUT2D eigenvalue weighted by atomic mass is 10.2. The quantitative estimate of drug-likeness (QED) is 0.501. The first-order valence-corrected chi connectivity index (χ1v) is 4.97. The lowest BCUT2D eigenvalue weighted by Crippen LogP contribution is -1.68. The van der Waals surface area contributed by atoms with Crippen LogP contribution < -0.4 is 0 Å². The molecule has 0 atom stereocenters. The van der Waals surface area contributed by atoms with Crippen molar-refractivity contribution in [3.8, 4) is 12.0 Å². The van der Waals surface area contributed by atoms with Gasteiger partial charge >= 0.3 is 0 Å². The third kappa shape index (κ3) is 3.07. The van der Waals surface area contributed by atoms with Crippen molar-refractivity contribution in [2.75, 3.05) is 0 Å². The summed E-state index contributed by atoms with van der Waals surface area (Å²) in [7, 11) is 0. The molecular formula is C14H10N2. The number of hydrogen-bond donors (Lipinski definition) is 0. The molecule has 0 spiro atoms. The molecule has 0 heterocycles. The zero-order chi connectivity index (χ0) is 11.1. The van der Waals surface area contributed by atoms with Gasteiger partial charge in [-0.1, -0.05) is 41.5 Å². The van der Waals surface area contributed by atoms with Gasteiger partial charge in [-0.3, -0.25) is 0 Å². The second kappa shape index (κ2) is 5.47. The SMILES string of the molecule is C(#Cc1ccccc1)N=Nc1ccccc1. The molecule has 0 saturated carbocycles. The molecule has 0 saturated heterocycles. The molecule has 0 N–H and O–H groups in total. The molecule has 0 unspecified atom stereocenters. The fraction of sp³-hybridized carbons (Fsp3) is 0. The highest BCUT2D eigenvalue weighted by molar-refractivity contribution is 5.36. The minimum atomic E-state index is 0.810. The average Bonchev–Trinajstić information content (AvgIpc) is 2.37. The van der Waals surface area contributed by atoms with E-state index in [0.717, 1.165) is 11.3 Å². The Morgan fingerprint density at radius 3 is 2.06 bits per heavy atom. The molecule has 76 valence electrons. The van der Waals surface area contributed by atoms with Crippen LogP contribution in [0.1, 0.15) is 5.56 Å². The Bertz CT molecular complexity index is 519. The zero-order valence-corrected chi connectivity index (χ0v) is 8.67. The van der Waals surface area contributed by atoms with E-state index < -0.39 is 0 Å². The largest absolute Gasteiger partial charge is 0.142 e. The van der Waals surface area contributed by atoms with E-state index >= 15 is 0 Å². The third-order valence-corrected chi connectivity index (χ3v) is 1.95. The van der Waals surface area contributed by atoms with Crippen LogP contribution in [0.4, 0.5) is 5.69 Å². The Kier molecular flexibility index (Phi) is 3.47. The van der Waals surface area contributed by atoms with Crippen molar-refractivity contribution in [3.05, 3.63) is 66.2 Å². The predicted molar refractivity (Wildman–Crippen MR) is 64.3 cm³/mol. The van der Waals surface area contributed by atoms with Gasteiger partial charge in [-0.25, -0.2) is 0 Å². The molecule has 0 aliphatic heterocycles. The minimum absolute atomic E-state index is 0.810. The van der Waals surface area contributed by atoms with Crippen molar-refractivity contribution in [1.29, 1.82) is 0 Å². The number of azo groups is 1. The van der Waals surface area contributed by atoms with Crippen molar-refractivity contribution in [3.63, 3.8) is 0 Å². The van der Waals surface area contributed by atoms with Crippen LogP contribution in [0.5, 0.6) is 0 Å². The standard InChI is InChI=1S/C14H10N2/c1-3-7-13(8-4-1)11-12-15-16-14-9-5-2-6-10-14/h1-10H. The molecule has 0 bridgehead atoms. The second-order valence-corrected chi connectivity index (χ2v) is 3.14. The van der Waals surface area contributed by atoms with E-state index in [0.29, 0.717) is 0 Å². The molecule has 0 aliphatic carbocycles. The zero-order valence-electron chi connectivity index (χ0n) is 8.67. The van der Waals surface area contributed by atoms with E-state index in [1.807, 2.05) is 60.7 Å². The fourth-order valence-electron chi connectivity index (χ4n) is 1.19. The summed E-state index contributed by atoms with van der Waals surface area (Å²) < 4.78 is 0. The van der Waals surface area contributed by atoms with E-state index in [-0.39, 0.29) is 0 Å². The van der Waals surface area contributed by atoms with Gasteiger partial charge in [-0.05, 0) is 30.2 Å². The molecule has 0 radical (unpaired) electrons. The van der Waals surface area contributed by atoms with Gasteiger partial charge in [0.1, 0.15) is 0 Å². The summed E-state index contributed by atoms with van der Waals surface area (Å²) in [4.78, 5) is 0. The number of hydrogen-bond acceptors (Lipinski definition) is 2. The topological polar surface area (TPSA) is 24.7 Å². The van der Waals surface area contributed by atoms with Crippen molar-refractivity contribution in [1.82, 2.24) is 0 Å². The molecule has 2 rings (SSSR count). The first-order valence-electron chi connectivity index (χ1n) is 4.97. The summed E-state index contributed by atoms with van der Waals surface area (Å²) in [6.07, 6.45) is 0. The predicted octanol–water partition coefficient (Wildman–Crippen LogP) is 3.78. The average molecular weight is 206 g/mol. The Morgan fingerprint density at radius 2 is 1.38 bits per heavy atom. The van der Waals surface area contributed by atoms with Crippen LogP contribution in [0.3, 0.4) is 0 Å². The third-order valence-electron chi connectivity index (χ3n) is 1.95. The van der Waals surface area contributed by atoms with Gasteiger partial charge in [0, 0.05) is 5.56 Å². The maximum atomic E-state index is 3.97. The van der Waals surface area contributed by atoms with Gasteiger partial charge in [0.25, 0.3) is 0 Å². The van der Waals surface area contributed by atoms with E-state index in [2.05, 4.69) is 22.2 Å². The maximum Gasteiger partial charge on any atom is 0.0864 e. The molecule has 0 fully saturated rings. The normalized spacial score (nSPS) is 9.75. The molecule has 2 aromatic carbocycles. The van der Waals surface area contributed by atoms with Gasteiger partial charge in [-0.2, -0.15) is 0 Å². The molecule has 16 heavy (non-hydrogen) atoms. The van der Waals surface area contributed by atoms with Crippen LogP contribution >= 0.6 is 0 Å². The Hall–Kier alpha value is -2.40. The van der Waals surface area contributed by atoms with Crippen LogP contribution in [0, 0.1) is 12.0 Å². The van der Waals surface area contributed by atoms with Crippen molar-refractivity contribution < 1.29 is 0 Å². The highest BCUT2D eigenvalue weighted by Gasteiger charge is 1.83. The van der Waals surface area contributed by atoms with Crippen LogP contribution in [0.15, 0.2) is 70.9 Å². The monoisotopic (exact) mass is 206 g/mol. The Balaban J connectivity index is 2.03. The van der Waals surface area contributed by atoms with Crippen molar-refractivity contribution >= 4 is 5.69 Å². The second-order valence-electron chi connectivity index (χ2n) is 3.14. The maximum absolute atomic E-state index is 3.97. The number of benzene rings is 2. The van der Waals surface area contributed by atoms with E-state index in [4.69, 9.17) is 0 Å².